The van der Waals surface area contributed by atoms with Crippen molar-refractivity contribution in [1.82, 2.24) is 20.0 Å². The van der Waals surface area contributed by atoms with Gasteiger partial charge in [0.05, 0.1) is 5.69 Å². The summed E-state index contributed by atoms with van der Waals surface area (Å²) in [5.41, 5.74) is 0.509. The first-order chi connectivity index (χ1) is 13.4. The van der Waals surface area contributed by atoms with Crippen LogP contribution in [-0.2, 0) is 10.0 Å². The molecule has 0 saturated carbocycles. The Morgan fingerprint density at radius 2 is 1.89 bits per heavy atom. The second kappa shape index (κ2) is 11.6. The lowest BCUT2D eigenvalue weighted by Gasteiger charge is -2.12. The zero-order valence-corrected chi connectivity index (χ0v) is 18.7. The molecule has 12 heteroatoms. The molecule has 156 valence electrons. The standard InChI is InChI=1S/C16H24BrFN6O2S2/c1-19-5-4-7-20-6-2-3-8-21-14-10-13(18)15(9-12(14)17)28(25,26)24-16-22-11-23-27-16/h9-11,19-21H,2-8H2,1H3,(H,22,23,24). The van der Waals surface area contributed by atoms with Crippen LogP contribution < -0.4 is 20.7 Å². The summed E-state index contributed by atoms with van der Waals surface area (Å²) in [6.07, 6.45) is 4.21. The smallest absolute Gasteiger partial charge is 0.266 e. The molecule has 2 rings (SSSR count). The topological polar surface area (TPSA) is 108 Å². The lowest BCUT2D eigenvalue weighted by molar-refractivity contribution is 0.570. The highest BCUT2D eigenvalue weighted by Gasteiger charge is 2.22. The summed E-state index contributed by atoms with van der Waals surface area (Å²) in [6, 6.07) is 2.42. The van der Waals surface area contributed by atoms with Gasteiger partial charge in [-0.05, 0) is 74.0 Å². The summed E-state index contributed by atoms with van der Waals surface area (Å²) in [5, 5.41) is 9.67. The Bertz CT molecular complexity index is 836. The minimum absolute atomic E-state index is 0.0808. The molecule has 1 heterocycles. The molecule has 0 saturated heterocycles. The summed E-state index contributed by atoms with van der Waals surface area (Å²) >= 11 is 4.18. The molecule has 0 aliphatic rings. The van der Waals surface area contributed by atoms with E-state index < -0.39 is 20.7 Å². The summed E-state index contributed by atoms with van der Waals surface area (Å²) in [5.74, 6) is -0.839. The third-order valence-corrected chi connectivity index (χ3v) is 6.49. The Morgan fingerprint density at radius 3 is 2.61 bits per heavy atom. The fourth-order valence-corrected chi connectivity index (χ4v) is 4.75. The van der Waals surface area contributed by atoms with Crippen molar-refractivity contribution in [2.45, 2.75) is 24.2 Å². The predicted octanol–water partition coefficient (Wildman–Crippen LogP) is 2.63. The molecule has 1 aromatic carbocycles. The van der Waals surface area contributed by atoms with Gasteiger partial charge >= 0.3 is 0 Å². The van der Waals surface area contributed by atoms with Crippen LogP contribution in [-0.4, -0.2) is 51.0 Å². The number of aromatic nitrogens is 2. The number of sulfonamides is 1. The van der Waals surface area contributed by atoms with E-state index in [0.717, 1.165) is 50.4 Å². The van der Waals surface area contributed by atoms with Crippen molar-refractivity contribution in [3.63, 3.8) is 0 Å². The van der Waals surface area contributed by atoms with Gasteiger partial charge in [-0.1, -0.05) is 0 Å². The Kier molecular flexibility index (Phi) is 9.51. The summed E-state index contributed by atoms with van der Waals surface area (Å²) in [6.45, 7) is 3.56. The van der Waals surface area contributed by atoms with Gasteiger partial charge in [0, 0.05) is 22.5 Å². The average molecular weight is 495 g/mol. The Hall–Kier alpha value is -1.34. The first-order valence-electron chi connectivity index (χ1n) is 8.82. The Morgan fingerprint density at radius 1 is 1.14 bits per heavy atom. The molecule has 0 radical (unpaired) electrons. The van der Waals surface area contributed by atoms with E-state index in [0.29, 0.717) is 16.7 Å². The normalized spacial score (nSPS) is 11.5. The van der Waals surface area contributed by atoms with Crippen LogP contribution >= 0.6 is 27.5 Å². The minimum Gasteiger partial charge on any atom is -0.384 e. The summed E-state index contributed by atoms with van der Waals surface area (Å²) < 4.78 is 45.5. The van der Waals surface area contributed by atoms with Crippen LogP contribution in [0, 0.1) is 5.82 Å². The highest BCUT2D eigenvalue weighted by molar-refractivity contribution is 9.10. The number of halogens is 2. The molecule has 2 aromatic rings. The number of rotatable bonds is 13. The second-order valence-corrected chi connectivity index (χ2v) is 9.24. The van der Waals surface area contributed by atoms with Crippen LogP contribution in [0.5, 0.6) is 0 Å². The van der Waals surface area contributed by atoms with Gasteiger partial charge in [-0.2, -0.15) is 4.37 Å². The zero-order chi connectivity index (χ0) is 20.4. The van der Waals surface area contributed by atoms with E-state index in [1.54, 1.807) is 0 Å². The first kappa shape index (κ1) is 22.9. The third kappa shape index (κ3) is 7.24. The van der Waals surface area contributed by atoms with E-state index in [9.17, 15) is 12.8 Å². The monoisotopic (exact) mass is 494 g/mol. The maximum Gasteiger partial charge on any atom is 0.266 e. The molecular formula is C16H24BrFN6O2S2. The minimum atomic E-state index is -4.08. The molecule has 8 nitrogen and oxygen atoms in total. The number of nitrogens with one attached hydrogen (secondary N) is 4. The van der Waals surface area contributed by atoms with Gasteiger partial charge in [0.25, 0.3) is 10.0 Å². The molecule has 0 amide bonds. The number of hydrogen-bond acceptors (Lipinski definition) is 8. The number of unbranched alkanes of at least 4 members (excludes halogenated alkanes) is 1. The van der Waals surface area contributed by atoms with Crippen LogP contribution in [0.25, 0.3) is 0 Å². The molecule has 1 aromatic heterocycles. The lowest BCUT2D eigenvalue weighted by atomic mass is 10.2. The van der Waals surface area contributed by atoms with Gasteiger partial charge in [0.2, 0.25) is 5.13 Å². The van der Waals surface area contributed by atoms with Crippen LogP contribution in [0.2, 0.25) is 0 Å². The fourth-order valence-electron chi connectivity index (χ4n) is 2.37. The summed E-state index contributed by atoms with van der Waals surface area (Å²) in [7, 11) is -2.15. The van der Waals surface area contributed by atoms with Crippen molar-refractivity contribution in [1.29, 1.82) is 0 Å². The van der Waals surface area contributed by atoms with Crippen molar-refractivity contribution < 1.29 is 12.8 Å². The van der Waals surface area contributed by atoms with Crippen molar-refractivity contribution in [2.24, 2.45) is 0 Å². The first-order valence-corrected chi connectivity index (χ1v) is 11.9. The number of benzene rings is 1. The van der Waals surface area contributed by atoms with Crippen LogP contribution in [0.4, 0.5) is 15.2 Å². The largest absolute Gasteiger partial charge is 0.384 e. The average Bonchev–Trinajstić information content (AvgIpc) is 3.14. The molecule has 4 N–H and O–H groups in total. The molecule has 0 aliphatic carbocycles. The summed E-state index contributed by atoms with van der Waals surface area (Å²) in [4.78, 5) is 3.29. The molecule has 28 heavy (non-hydrogen) atoms. The molecule has 0 bridgehead atoms. The SMILES string of the molecule is CNCCCNCCCCNc1cc(F)c(S(=O)(=O)Nc2ncns2)cc1Br. The maximum absolute atomic E-state index is 14.4. The van der Waals surface area contributed by atoms with E-state index in [1.165, 1.54) is 18.5 Å². The predicted molar refractivity (Wildman–Crippen MR) is 114 cm³/mol. The van der Waals surface area contributed by atoms with E-state index in [2.05, 4.69) is 46.0 Å². The quantitative estimate of drug-likeness (QED) is 0.317. The number of nitrogens with zero attached hydrogens (tertiary/aromatic N) is 2. The fraction of sp³-hybridized carbons (Fsp3) is 0.500. The second-order valence-electron chi connectivity index (χ2n) is 5.96. The van der Waals surface area contributed by atoms with Crippen molar-refractivity contribution in [2.75, 3.05) is 43.3 Å². The van der Waals surface area contributed by atoms with Gasteiger partial charge in [0.15, 0.2) is 0 Å². The van der Waals surface area contributed by atoms with Gasteiger partial charge in [0.1, 0.15) is 17.0 Å². The van der Waals surface area contributed by atoms with Gasteiger partial charge < -0.3 is 16.0 Å². The highest BCUT2D eigenvalue weighted by Crippen LogP contribution is 2.29. The van der Waals surface area contributed by atoms with Crippen LogP contribution in [0.3, 0.4) is 0 Å². The molecule has 0 aliphatic heterocycles. The van der Waals surface area contributed by atoms with Crippen LogP contribution in [0.1, 0.15) is 19.3 Å². The molecule has 0 spiro atoms. The Labute approximate surface area is 177 Å². The van der Waals surface area contributed by atoms with E-state index in [4.69, 9.17) is 0 Å². The van der Waals surface area contributed by atoms with E-state index >= 15 is 0 Å². The van der Waals surface area contributed by atoms with E-state index in [-0.39, 0.29) is 5.13 Å². The number of hydrogen-bond donors (Lipinski definition) is 4. The van der Waals surface area contributed by atoms with Crippen LogP contribution in [0.15, 0.2) is 27.8 Å². The molecule has 0 atom stereocenters. The van der Waals surface area contributed by atoms with Crippen molar-refractivity contribution in [3.05, 3.63) is 28.7 Å². The highest BCUT2D eigenvalue weighted by atomic mass is 79.9. The third-order valence-electron chi connectivity index (χ3n) is 3.77. The zero-order valence-electron chi connectivity index (χ0n) is 15.5. The molecule has 0 unspecified atom stereocenters. The van der Waals surface area contributed by atoms with Crippen molar-refractivity contribution in [3.8, 4) is 0 Å². The van der Waals surface area contributed by atoms with Gasteiger partial charge in [-0.25, -0.2) is 17.8 Å². The van der Waals surface area contributed by atoms with E-state index in [1.807, 2.05) is 7.05 Å². The maximum atomic E-state index is 14.4. The number of anilines is 2. The molecular weight excluding hydrogens is 471 g/mol. The van der Waals surface area contributed by atoms with Crippen molar-refractivity contribution >= 4 is 48.3 Å². The van der Waals surface area contributed by atoms with Gasteiger partial charge in [-0.3, -0.25) is 4.72 Å². The lowest BCUT2D eigenvalue weighted by Crippen LogP contribution is -2.21. The van der Waals surface area contributed by atoms with Gasteiger partial charge in [-0.15, -0.1) is 0 Å². The molecule has 0 fully saturated rings. The Balaban J connectivity index is 1.84.